The van der Waals surface area contributed by atoms with Crippen molar-refractivity contribution in [2.24, 2.45) is 0 Å². The van der Waals surface area contributed by atoms with Gasteiger partial charge in [0, 0.05) is 11.6 Å². The van der Waals surface area contributed by atoms with E-state index in [9.17, 15) is 14.9 Å². The molecule has 0 saturated carbocycles. The molecule has 0 saturated heterocycles. The monoisotopic (exact) mass is 315 g/mol. The lowest BCUT2D eigenvalue weighted by Gasteiger charge is -2.09. The molecule has 0 heterocycles. The summed E-state index contributed by atoms with van der Waals surface area (Å²) >= 11 is 0. The molecule has 0 unspecified atom stereocenters. The van der Waals surface area contributed by atoms with Crippen LogP contribution in [0, 0.1) is 30.9 Å². The SMILES string of the molecule is Cc1ccc(OCC(=O)Oc2ccc([N+](=O)[O-])c(C)c2)cc1C. The first-order valence-electron chi connectivity index (χ1n) is 7.02. The van der Waals surface area contributed by atoms with Crippen molar-refractivity contribution in [2.45, 2.75) is 20.8 Å². The normalized spacial score (nSPS) is 10.2. The number of nitro groups is 1. The minimum Gasteiger partial charge on any atom is -0.482 e. The summed E-state index contributed by atoms with van der Waals surface area (Å²) in [5, 5.41) is 10.7. The highest BCUT2D eigenvalue weighted by Crippen LogP contribution is 2.23. The maximum Gasteiger partial charge on any atom is 0.349 e. The van der Waals surface area contributed by atoms with Crippen molar-refractivity contribution in [2.75, 3.05) is 6.61 Å². The number of ether oxygens (including phenoxy) is 2. The van der Waals surface area contributed by atoms with Crippen LogP contribution in [0.5, 0.6) is 11.5 Å². The summed E-state index contributed by atoms with van der Waals surface area (Å²) in [5.41, 5.74) is 2.62. The van der Waals surface area contributed by atoms with E-state index in [0.717, 1.165) is 11.1 Å². The van der Waals surface area contributed by atoms with Crippen molar-refractivity contribution in [3.63, 3.8) is 0 Å². The molecule has 0 spiro atoms. The summed E-state index contributed by atoms with van der Waals surface area (Å²) < 4.78 is 10.5. The molecule has 2 aromatic carbocycles. The van der Waals surface area contributed by atoms with Gasteiger partial charge in [-0.25, -0.2) is 4.79 Å². The van der Waals surface area contributed by atoms with Crippen LogP contribution in [-0.4, -0.2) is 17.5 Å². The molecule has 0 amide bonds. The second kappa shape index (κ2) is 6.91. The molecule has 0 aliphatic rings. The zero-order valence-electron chi connectivity index (χ0n) is 13.2. The van der Waals surface area contributed by atoms with Gasteiger partial charge in [-0.05, 0) is 56.2 Å². The van der Waals surface area contributed by atoms with Crippen LogP contribution in [0.2, 0.25) is 0 Å². The van der Waals surface area contributed by atoms with E-state index in [0.29, 0.717) is 11.3 Å². The molecule has 0 aliphatic heterocycles. The number of aryl methyl sites for hydroxylation is 3. The van der Waals surface area contributed by atoms with E-state index in [1.54, 1.807) is 13.0 Å². The summed E-state index contributed by atoms with van der Waals surface area (Å²) in [6.07, 6.45) is 0. The van der Waals surface area contributed by atoms with Gasteiger partial charge in [0.15, 0.2) is 6.61 Å². The number of carbonyl (C=O) groups is 1. The zero-order chi connectivity index (χ0) is 17.0. The summed E-state index contributed by atoms with van der Waals surface area (Å²) in [6.45, 7) is 5.30. The topological polar surface area (TPSA) is 78.7 Å². The molecule has 2 rings (SSSR count). The van der Waals surface area contributed by atoms with Crippen molar-refractivity contribution in [1.29, 1.82) is 0 Å². The third-order valence-corrected chi connectivity index (χ3v) is 3.43. The van der Waals surface area contributed by atoms with Gasteiger partial charge in [0.1, 0.15) is 11.5 Å². The highest BCUT2D eigenvalue weighted by Gasteiger charge is 2.13. The van der Waals surface area contributed by atoms with Gasteiger partial charge in [0.25, 0.3) is 5.69 Å². The van der Waals surface area contributed by atoms with Gasteiger partial charge in [-0.1, -0.05) is 6.07 Å². The highest BCUT2D eigenvalue weighted by molar-refractivity contribution is 5.74. The Balaban J connectivity index is 1.95. The Labute approximate surface area is 133 Å². The average molecular weight is 315 g/mol. The van der Waals surface area contributed by atoms with Crippen LogP contribution < -0.4 is 9.47 Å². The van der Waals surface area contributed by atoms with Crippen molar-refractivity contribution in [3.8, 4) is 11.5 Å². The predicted octanol–water partition coefficient (Wildman–Crippen LogP) is 3.50. The number of carbonyl (C=O) groups excluding carboxylic acids is 1. The van der Waals surface area contributed by atoms with Crippen molar-refractivity contribution >= 4 is 11.7 Å². The van der Waals surface area contributed by atoms with E-state index in [1.807, 2.05) is 26.0 Å². The molecule has 0 bridgehead atoms. The Kier molecular flexibility index (Phi) is 4.95. The van der Waals surface area contributed by atoms with Crippen LogP contribution in [0.3, 0.4) is 0 Å². The third-order valence-electron chi connectivity index (χ3n) is 3.43. The maximum absolute atomic E-state index is 11.8. The van der Waals surface area contributed by atoms with Crippen LogP contribution in [0.1, 0.15) is 16.7 Å². The molecule has 0 N–H and O–H groups in total. The van der Waals surface area contributed by atoms with E-state index in [2.05, 4.69) is 0 Å². The Bertz CT molecular complexity index is 755. The quantitative estimate of drug-likeness (QED) is 0.365. The second-order valence-electron chi connectivity index (χ2n) is 5.21. The highest BCUT2D eigenvalue weighted by atomic mass is 16.6. The molecule has 0 radical (unpaired) electrons. The van der Waals surface area contributed by atoms with Crippen LogP contribution in [0.15, 0.2) is 36.4 Å². The van der Waals surface area contributed by atoms with E-state index in [4.69, 9.17) is 9.47 Å². The number of nitro benzene ring substituents is 1. The van der Waals surface area contributed by atoms with Crippen molar-refractivity contribution < 1.29 is 19.2 Å². The standard InChI is InChI=1S/C17H17NO5/c1-11-4-5-14(8-12(11)2)22-10-17(19)23-15-6-7-16(18(20)21)13(3)9-15/h4-9H,10H2,1-3H3. The van der Waals surface area contributed by atoms with Gasteiger partial charge in [-0.15, -0.1) is 0 Å². The van der Waals surface area contributed by atoms with Crippen LogP contribution in [-0.2, 0) is 4.79 Å². The number of nitrogens with zero attached hydrogens (tertiary/aromatic N) is 1. The predicted molar refractivity (Wildman–Crippen MR) is 84.9 cm³/mol. The molecule has 0 aliphatic carbocycles. The molecule has 23 heavy (non-hydrogen) atoms. The summed E-state index contributed by atoms with van der Waals surface area (Å²) in [6, 6.07) is 9.69. The van der Waals surface area contributed by atoms with E-state index in [-0.39, 0.29) is 18.0 Å². The van der Waals surface area contributed by atoms with E-state index < -0.39 is 10.9 Å². The lowest BCUT2D eigenvalue weighted by Crippen LogP contribution is -2.17. The molecular formula is C17H17NO5. The molecule has 0 fully saturated rings. The van der Waals surface area contributed by atoms with Crippen molar-refractivity contribution in [3.05, 3.63) is 63.2 Å². The zero-order valence-corrected chi connectivity index (χ0v) is 13.2. The molecule has 120 valence electrons. The average Bonchev–Trinajstić information content (AvgIpc) is 2.48. The second-order valence-corrected chi connectivity index (χ2v) is 5.21. The fraction of sp³-hybridized carbons (Fsp3) is 0.235. The molecule has 2 aromatic rings. The molecular weight excluding hydrogens is 298 g/mol. The molecule has 0 aromatic heterocycles. The summed E-state index contributed by atoms with van der Waals surface area (Å²) in [7, 11) is 0. The maximum atomic E-state index is 11.8. The molecule has 6 nitrogen and oxygen atoms in total. The first-order valence-corrected chi connectivity index (χ1v) is 7.02. The van der Waals surface area contributed by atoms with Crippen LogP contribution in [0.25, 0.3) is 0 Å². The Morgan fingerprint density at radius 1 is 1.00 bits per heavy atom. The van der Waals surface area contributed by atoms with Gasteiger partial charge >= 0.3 is 5.97 Å². The summed E-state index contributed by atoms with van der Waals surface area (Å²) in [5.74, 6) is 0.267. The van der Waals surface area contributed by atoms with Crippen LogP contribution in [0.4, 0.5) is 5.69 Å². The Morgan fingerprint density at radius 3 is 2.26 bits per heavy atom. The van der Waals surface area contributed by atoms with E-state index >= 15 is 0 Å². The molecule has 6 heteroatoms. The third kappa shape index (κ3) is 4.29. The van der Waals surface area contributed by atoms with Gasteiger partial charge in [0.05, 0.1) is 4.92 Å². The van der Waals surface area contributed by atoms with Gasteiger partial charge < -0.3 is 9.47 Å². The van der Waals surface area contributed by atoms with Gasteiger partial charge in [0.2, 0.25) is 0 Å². The number of rotatable bonds is 5. The fourth-order valence-electron chi connectivity index (χ4n) is 2.00. The minimum absolute atomic E-state index is 0.0174. The van der Waals surface area contributed by atoms with Gasteiger partial charge in [-0.2, -0.15) is 0 Å². The fourth-order valence-corrected chi connectivity index (χ4v) is 2.00. The van der Waals surface area contributed by atoms with Crippen molar-refractivity contribution in [1.82, 2.24) is 0 Å². The number of hydrogen-bond donors (Lipinski definition) is 0. The van der Waals surface area contributed by atoms with Crippen LogP contribution >= 0.6 is 0 Å². The minimum atomic E-state index is -0.573. The lowest BCUT2D eigenvalue weighted by atomic mass is 10.1. The number of esters is 1. The van der Waals surface area contributed by atoms with E-state index in [1.165, 1.54) is 18.2 Å². The smallest absolute Gasteiger partial charge is 0.349 e. The Hall–Kier alpha value is -2.89. The first kappa shape index (κ1) is 16.5. The summed E-state index contributed by atoms with van der Waals surface area (Å²) in [4.78, 5) is 22.0. The molecule has 0 atom stereocenters. The first-order chi connectivity index (χ1) is 10.9. The largest absolute Gasteiger partial charge is 0.482 e. The van der Waals surface area contributed by atoms with Gasteiger partial charge in [-0.3, -0.25) is 10.1 Å². The lowest BCUT2D eigenvalue weighted by molar-refractivity contribution is -0.385. The number of benzene rings is 2. The number of hydrogen-bond acceptors (Lipinski definition) is 5. The Morgan fingerprint density at radius 2 is 1.65 bits per heavy atom.